The molecule has 128 valence electrons. The van der Waals surface area contributed by atoms with Crippen LogP contribution in [0.25, 0.3) is 0 Å². The number of carbonyl (C=O) groups excluding carboxylic acids is 2. The molecule has 0 aliphatic carbocycles. The lowest BCUT2D eigenvalue weighted by Crippen LogP contribution is -2.36. The Balaban J connectivity index is 2.19. The number of rotatable bonds is 6. The van der Waals surface area contributed by atoms with Crippen LogP contribution in [0.2, 0.25) is 0 Å². The fourth-order valence-corrected chi connectivity index (χ4v) is 2.28. The van der Waals surface area contributed by atoms with Crippen LogP contribution in [0, 0.1) is 11.4 Å². The topological polar surface area (TPSA) is 121 Å². The standard InChI is InChI=1S/C17H18N6O2/c1-11(13-7-3-5-9-19-13)15(16(24)21-18)17(25)23-22-12(2)14-8-4-6-10-20-14/h3-11,15,18H,1-2H3,(H,23,25). The number of carbonyl (C=O) groups is 2. The molecule has 2 N–H and O–H groups in total. The first-order valence-electron chi connectivity index (χ1n) is 7.62. The zero-order valence-corrected chi connectivity index (χ0v) is 13.9. The third kappa shape index (κ3) is 4.60. The maximum Gasteiger partial charge on any atom is 0.277 e. The van der Waals surface area contributed by atoms with Crippen LogP contribution in [0.1, 0.15) is 31.2 Å². The lowest BCUT2D eigenvalue weighted by Gasteiger charge is -2.18. The molecule has 2 aromatic rings. The van der Waals surface area contributed by atoms with Crippen LogP contribution in [0.5, 0.6) is 0 Å². The number of aromatic nitrogens is 2. The minimum atomic E-state index is -1.19. The molecule has 2 unspecified atom stereocenters. The summed E-state index contributed by atoms with van der Waals surface area (Å²) in [5, 5.41) is 6.89. The fourth-order valence-electron chi connectivity index (χ4n) is 2.28. The van der Waals surface area contributed by atoms with E-state index in [0.717, 1.165) is 0 Å². The van der Waals surface area contributed by atoms with Gasteiger partial charge in [-0.3, -0.25) is 19.6 Å². The van der Waals surface area contributed by atoms with E-state index in [0.29, 0.717) is 17.1 Å². The Morgan fingerprint density at radius 2 is 1.80 bits per heavy atom. The molecule has 2 atom stereocenters. The van der Waals surface area contributed by atoms with Crippen molar-refractivity contribution in [2.45, 2.75) is 19.8 Å². The summed E-state index contributed by atoms with van der Waals surface area (Å²) in [6.07, 6.45) is 3.19. The zero-order chi connectivity index (χ0) is 18.2. The summed E-state index contributed by atoms with van der Waals surface area (Å²) in [6, 6.07) is 10.5. The molecule has 2 amide bonds. The number of hydrogen-bond donors (Lipinski definition) is 2. The van der Waals surface area contributed by atoms with Gasteiger partial charge in [0.05, 0.1) is 11.4 Å². The van der Waals surface area contributed by atoms with Crippen molar-refractivity contribution in [1.29, 1.82) is 5.53 Å². The molecule has 8 heteroatoms. The molecule has 0 aliphatic heterocycles. The Morgan fingerprint density at radius 1 is 1.12 bits per heavy atom. The van der Waals surface area contributed by atoms with E-state index in [9.17, 15) is 9.59 Å². The molecule has 0 spiro atoms. The monoisotopic (exact) mass is 338 g/mol. The maximum absolute atomic E-state index is 12.5. The van der Waals surface area contributed by atoms with Gasteiger partial charge in [-0.25, -0.2) is 11.0 Å². The van der Waals surface area contributed by atoms with Crippen molar-refractivity contribution in [3.05, 3.63) is 60.2 Å². The molecule has 0 fully saturated rings. The van der Waals surface area contributed by atoms with Crippen molar-refractivity contribution in [2.75, 3.05) is 0 Å². The van der Waals surface area contributed by atoms with Crippen LogP contribution in [0.15, 0.2) is 59.0 Å². The third-order valence-corrected chi connectivity index (χ3v) is 3.68. The van der Waals surface area contributed by atoms with Gasteiger partial charge in [0.1, 0.15) is 5.92 Å². The van der Waals surface area contributed by atoms with Crippen LogP contribution < -0.4 is 5.43 Å². The number of hydrazone groups is 1. The summed E-state index contributed by atoms with van der Waals surface area (Å²) in [5.74, 6) is -3.23. The van der Waals surface area contributed by atoms with E-state index in [1.54, 1.807) is 62.6 Å². The molecule has 2 heterocycles. The van der Waals surface area contributed by atoms with Crippen molar-refractivity contribution in [2.24, 2.45) is 16.1 Å². The van der Waals surface area contributed by atoms with Crippen LogP contribution in [-0.4, -0.2) is 27.5 Å². The normalized spacial score (nSPS) is 13.6. The van der Waals surface area contributed by atoms with Crippen molar-refractivity contribution in [1.82, 2.24) is 15.4 Å². The summed E-state index contributed by atoms with van der Waals surface area (Å²) in [4.78, 5) is 32.7. The molecule has 0 aliphatic rings. The molecule has 0 aromatic carbocycles. The number of amides is 2. The Hall–Kier alpha value is -3.29. The third-order valence-electron chi connectivity index (χ3n) is 3.68. The van der Waals surface area contributed by atoms with Gasteiger partial charge in [-0.15, -0.1) is 5.11 Å². The van der Waals surface area contributed by atoms with Crippen LogP contribution in [-0.2, 0) is 9.59 Å². The van der Waals surface area contributed by atoms with Gasteiger partial charge < -0.3 is 0 Å². The van der Waals surface area contributed by atoms with Gasteiger partial charge in [0.25, 0.3) is 11.8 Å². The Labute approximate surface area is 144 Å². The van der Waals surface area contributed by atoms with Gasteiger partial charge in [0.2, 0.25) is 0 Å². The summed E-state index contributed by atoms with van der Waals surface area (Å²) < 4.78 is 0. The van der Waals surface area contributed by atoms with Gasteiger partial charge in [-0.1, -0.05) is 19.1 Å². The zero-order valence-electron chi connectivity index (χ0n) is 13.9. The molecule has 2 rings (SSSR count). The highest BCUT2D eigenvalue weighted by molar-refractivity contribution is 6.02. The molecule has 25 heavy (non-hydrogen) atoms. The summed E-state index contributed by atoms with van der Waals surface area (Å²) in [7, 11) is 0. The predicted octanol–water partition coefficient (Wildman–Crippen LogP) is 2.29. The van der Waals surface area contributed by atoms with Gasteiger partial charge in [-0.05, 0) is 31.2 Å². The molecule has 2 aromatic heterocycles. The highest BCUT2D eigenvalue weighted by Crippen LogP contribution is 2.24. The second-order valence-electron chi connectivity index (χ2n) is 5.36. The quantitative estimate of drug-likeness (QED) is 0.363. The average Bonchev–Trinajstić information content (AvgIpc) is 2.67. The fraction of sp³-hybridized carbons (Fsp3) is 0.235. The van der Waals surface area contributed by atoms with E-state index in [1.165, 1.54) is 0 Å². The summed E-state index contributed by atoms with van der Waals surface area (Å²) >= 11 is 0. The van der Waals surface area contributed by atoms with E-state index in [4.69, 9.17) is 5.53 Å². The molecule has 0 radical (unpaired) electrons. The summed E-state index contributed by atoms with van der Waals surface area (Å²) in [6.45, 7) is 3.38. The van der Waals surface area contributed by atoms with Crippen LogP contribution in [0.4, 0.5) is 0 Å². The van der Waals surface area contributed by atoms with Crippen molar-refractivity contribution < 1.29 is 9.59 Å². The maximum atomic E-state index is 12.5. The van der Waals surface area contributed by atoms with Crippen molar-refractivity contribution in [3.8, 4) is 0 Å². The largest absolute Gasteiger partial charge is 0.277 e. The Kier molecular flexibility index (Phi) is 6.16. The molecular formula is C17H18N6O2. The molecular weight excluding hydrogens is 320 g/mol. The SMILES string of the molecule is CC(=NNC(=O)C(C(=O)N=N)C(C)c1ccccn1)c1ccccn1. The second kappa shape index (κ2) is 8.53. The first-order chi connectivity index (χ1) is 12.0. The molecule has 0 saturated heterocycles. The minimum absolute atomic E-state index is 0.494. The van der Waals surface area contributed by atoms with E-state index >= 15 is 0 Å². The number of pyridine rings is 2. The van der Waals surface area contributed by atoms with E-state index in [2.05, 4.69) is 25.6 Å². The van der Waals surface area contributed by atoms with Crippen molar-refractivity contribution >= 4 is 17.5 Å². The number of nitrogens with zero attached hydrogens (tertiary/aromatic N) is 4. The summed E-state index contributed by atoms with van der Waals surface area (Å²) in [5.41, 5.74) is 11.0. The highest BCUT2D eigenvalue weighted by Gasteiger charge is 2.34. The molecule has 8 nitrogen and oxygen atoms in total. The predicted molar refractivity (Wildman–Crippen MR) is 90.9 cm³/mol. The van der Waals surface area contributed by atoms with E-state index in [-0.39, 0.29) is 0 Å². The van der Waals surface area contributed by atoms with Gasteiger partial charge in [-0.2, -0.15) is 5.10 Å². The average molecular weight is 338 g/mol. The highest BCUT2D eigenvalue weighted by atomic mass is 16.2. The first kappa shape index (κ1) is 18.1. The van der Waals surface area contributed by atoms with Gasteiger partial charge >= 0.3 is 0 Å². The number of nitrogens with one attached hydrogen (secondary N) is 2. The van der Waals surface area contributed by atoms with Crippen molar-refractivity contribution in [3.63, 3.8) is 0 Å². The van der Waals surface area contributed by atoms with E-state index in [1.807, 2.05) is 0 Å². The Morgan fingerprint density at radius 3 is 2.36 bits per heavy atom. The first-order valence-corrected chi connectivity index (χ1v) is 7.62. The second-order valence-corrected chi connectivity index (χ2v) is 5.36. The lowest BCUT2D eigenvalue weighted by atomic mass is 9.89. The lowest BCUT2D eigenvalue weighted by molar-refractivity contribution is -0.134. The van der Waals surface area contributed by atoms with Crippen LogP contribution >= 0.6 is 0 Å². The van der Waals surface area contributed by atoms with Crippen LogP contribution in [0.3, 0.4) is 0 Å². The molecule has 0 bridgehead atoms. The smallest absolute Gasteiger partial charge is 0.272 e. The molecule has 0 saturated carbocycles. The number of hydrogen-bond acceptors (Lipinski definition) is 6. The Bertz CT molecular complexity index is 776. The minimum Gasteiger partial charge on any atom is -0.272 e. The van der Waals surface area contributed by atoms with Gasteiger partial charge in [0, 0.05) is 24.0 Å². The van der Waals surface area contributed by atoms with E-state index < -0.39 is 23.7 Å². The van der Waals surface area contributed by atoms with Gasteiger partial charge in [0.15, 0.2) is 0 Å².